The van der Waals surface area contributed by atoms with Crippen molar-refractivity contribution in [3.63, 3.8) is 0 Å². The highest BCUT2D eigenvalue weighted by molar-refractivity contribution is 5.71. The Balaban J connectivity index is 4.08. The summed E-state index contributed by atoms with van der Waals surface area (Å²) in [5.74, 6) is -0.847. The number of hydrogen-bond donors (Lipinski definition) is 0. The van der Waals surface area contributed by atoms with E-state index in [4.69, 9.17) is 14.2 Å². The van der Waals surface area contributed by atoms with E-state index in [0.717, 1.165) is 70.6 Å². The first-order valence-electron chi connectivity index (χ1n) is 37.8. The molecule has 0 saturated heterocycles. The van der Waals surface area contributed by atoms with Crippen LogP contribution in [0.25, 0.3) is 0 Å². The number of hydrogen-bond acceptors (Lipinski definition) is 6. The molecular formula is C77H146O6. The largest absolute Gasteiger partial charge is 0.462 e. The molecule has 0 aromatic rings. The molecule has 83 heavy (non-hydrogen) atoms. The number of ether oxygens (including phenoxy) is 3. The molecule has 0 aromatic heterocycles. The van der Waals surface area contributed by atoms with Crippen molar-refractivity contribution in [3.05, 3.63) is 24.3 Å². The maximum atomic E-state index is 13.0. The first-order valence-corrected chi connectivity index (χ1v) is 37.8. The SMILES string of the molecule is CCC/C=C\CCCCCCCC(=O)OCC(COC(=O)CCCCCCCCCCCCCCCCCCCCCCCCCCCCCC)OC(=O)CCCCCCCCCCCCCCCCC/C=C\CCCCCCCCCC. The second-order valence-electron chi connectivity index (χ2n) is 25.9. The summed E-state index contributed by atoms with van der Waals surface area (Å²) in [6, 6.07) is 0. The van der Waals surface area contributed by atoms with Gasteiger partial charge < -0.3 is 14.2 Å². The first-order chi connectivity index (χ1) is 41.0. The van der Waals surface area contributed by atoms with Gasteiger partial charge >= 0.3 is 17.9 Å². The molecule has 0 saturated carbocycles. The summed E-state index contributed by atoms with van der Waals surface area (Å²) in [5.41, 5.74) is 0. The van der Waals surface area contributed by atoms with Gasteiger partial charge in [-0.25, -0.2) is 0 Å². The lowest BCUT2D eigenvalue weighted by Crippen LogP contribution is -2.30. The Morgan fingerprint density at radius 3 is 0.651 bits per heavy atom. The lowest BCUT2D eigenvalue weighted by Gasteiger charge is -2.18. The van der Waals surface area contributed by atoms with E-state index in [1.807, 2.05) is 0 Å². The van der Waals surface area contributed by atoms with E-state index in [-0.39, 0.29) is 31.1 Å². The molecule has 0 aromatic carbocycles. The summed E-state index contributed by atoms with van der Waals surface area (Å²) in [7, 11) is 0. The van der Waals surface area contributed by atoms with Gasteiger partial charge in [0.25, 0.3) is 0 Å². The zero-order valence-corrected chi connectivity index (χ0v) is 56.5. The van der Waals surface area contributed by atoms with E-state index in [2.05, 4.69) is 45.1 Å². The Morgan fingerprint density at radius 1 is 0.229 bits per heavy atom. The molecule has 0 aliphatic carbocycles. The minimum absolute atomic E-state index is 0.0678. The molecular weight excluding hydrogens is 1020 g/mol. The molecule has 490 valence electrons. The molecule has 0 fully saturated rings. The molecule has 0 heterocycles. The van der Waals surface area contributed by atoms with Gasteiger partial charge in [-0.15, -0.1) is 0 Å². The monoisotopic (exact) mass is 1170 g/mol. The van der Waals surface area contributed by atoms with E-state index in [1.165, 1.54) is 321 Å². The number of allylic oxidation sites excluding steroid dienone is 4. The fourth-order valence-corrected chi connectivity index (χ4v) is 11.7. The summed E-state index contributed by atoms with van der Waals surface area (Å²) < 4.78 is 17.0. The Morgan fingerprint density at radius 2 is 0.422 bits per heavy atom. The van der Waals surface area contributed by atoms with Crippen molar-refractivity contribution in [1.29, 1.82) is 0 Å². The lowest BCUT2D eigenvalue weighted by molar-refractivity contribution is -0.167. The molecule has 0 bridgehead atoms. The Kier molecular flexibility index (Phi) is 70.5. The van der Waals surface area contributed by atoms with Crippen molar-refractivity contribution in [2.24, 2.45) is 0 Å². The highest BCUT2D eigenvalue weighted by Crippen LogP contribution is 2.19. The Labute approximate surface area is 519 Å². The molecule has 6 nitrogen and oxygen atoms in total. The third kappa shape index (κ3) is 70.5. The molecule has 0 aliphatic rings. The standard InChI is InChI=1S/C77H146O6/c1-4-7-10-13-16-19-22-24-26-28-30-32-34-36-38-40-41-43-45-47-49-51-53-55-58-61-64-67-70-76(79)82-73-74(72-81-75(78)69-66-63-60-57-21-18-15-12-9-6-3)83-77(80)71-68-65-62-59-56-54-52-50-48-46-44-42-39-37-35-33-31-29-27-25-23-20-17-14-11-8-5-2/h12,15,29,31,74H,4-11,13-14,16-28,30,32-73H2,1-3H3/b15-12-,31-29-. The van der Waals surface area contributed by atoms with Gasteiger partial charge in [0, 0.05) is 19.3 Å². The van der Waals surface area contributed by atoms with Gasteiger partial charge in [0.05, 0.1) is 0 Å². The Bertz CT molecular complexity index is 1340. The van der Waals surface area contributed by atoms with Crippen molar-refractivity contribution in [2.45, 2.75) is 438 Å². The maximum Gasteiger partial charge on any atom is 0.306 e. The summed E-state index contributed by atoms with van der Waals surface area (Å²) in [5, 5.41) is 0. The van der Waals surface area contributed by atoms with Gasteiger partial charge in [-0.3, -0.25) is 14.4 Å². The molecule has 1 atom stereocenters. The van der Waals surface area contributed by atoms with E-state index in [1.54, 1.807) is 0 Å². The van der Waals surface area contributed by atoms with E-state index in [0.29, 0.717) is 19.3 Å². The predicted molar refractivity (Wildman–Crippen MR) is 363 cm³/mol. The smallest absolute Gasteiger partial charge is 0.306 e. The third-order valence-electron chi connectivity index (χ3n) is 17.4. The topological polar surface area (TPSA) is 78.9 Å². The molecule has 6 heteroatoms. The zero-order chi connectivity index (χ0) is 59.9. The number of carbonyl (C=O) groups is 3. The normalized spacial score (nSPS) is 12.1. The fraction of sp³-hybridized carbons (Fsp3) is 0.909. The Hall–Kier alpha value is -2.11. The van der Waals surface area contributed by atoms with Crippen LogP contribution in [-0.2, 0) is 28.6 Å². The van der Waals surface area contributed by atoms with Crippen LogP contribution in [0, 0.1) is 0 Å². The van der Waals surface area contributed by atoms with Gasteiger partial charge in [0.15, 0.2) is 6.10 Å². The fourth-order valence-electron chi connectivity index (χ4n) is 11.7. The van der Waals surface area contributed by atoms with Crippen molar-refractivity contribution in [1.82, 2.24) is 0 Å². The second kappa shape index (κ2) is 72.4. The average Bonchev–Trinajstić information content (AvgIpc) is 3.48. The highest BCUT2D eigenvalue weighted by Gasteiger charge is 2.20. The van der Waals surface area contributed by atoms with E-state index < -0.39 is 6.10 Å². The number of unbranched alkanes of at least 4 members (excludes halogenated alkanes) is 56. The molecule has 0 radical (unpaired) electrons. The van der Waals surface area contributed by atoms with Crippen LogP contribution in [0.1, 0.15) is 432 Å². The lowest BCUT2D eigenvalue weighted by atomic mass is 10.0. The molecule has 1 unspecified atom stereocenters. The van der Waals surface area contributed by atoms with Crippen LogP contribution < -0.4 is 0 Å². The first kappa shape index (κ1) is 80.9. The highest BCUT2D eigenvalue weighted by atomic mass is 16.6. The number of rotatable bonds is 71. The van der Waals surface area contributed by atoms with Crippen LogP contribution in [0.3, 0.4) is 0 Å². The van der Waals surface area contributed by atoms with E-state index in [9.17, 15) is 14.4 Å². The van der Waals surface area contributed by atoms with Crippen LogP contribution in [-0.4, -0.2) is 37.2 Å². The van der Waals surface area contributed by atoms with Gasteiger partial charge in [0.2, 0.25) is 0 Å². The van der Waals surface area contributed by atoms with Crippen LogP contribution in [0.2, 0.25) is 0 Å². The zero-order valence-electron chi connectivity index (χ0n) is 56.5. The molecule has 0 amide bonds. The van der Waals surface area contributed by atoms with Gasteiger partial charge in [-0.05, 0) is 64.2 Å². The summed E-state index contributed by atoms with van der Waals surface area (Å²) in [6.45, 7) is 6.66. The summed E-state index contributed by atoms with van der Waals surface area (Å²) in [4.78, 5) is 38.4. The van der Waals surface area contributed by atoms with E-state index >= 15 is 0 Å². The van der Waals surface area contributed by atoms with Gasteiger partial charge in [-0.2, -0.15) is 0 Å². The van der Waals surface area contributed by atoms with Gasteiger partial charge in [0.1, 0.15) is 13.2 Å². The minimum Gasteiger partial charge on any atom is -0.462 e. The number of esters is 3. The quantitative estimate of drug-likeness (QED) is 0.0261. The third-order valence-corrected chi connectivity index (χ3v) is 17.4. The maximum absolute atomic E-state index is 13.0. The van der Waals surface area contributed by atoms with Crippen molar-refractivity contribution >= 4 is 17.9 Å². The number of carbonyl (C=O) groups excluding carboxylic acids is 3. The van der Waals surface area contributed by atoms with Crippen molar-refractivity contribution in [2.75, 3.05) is 13.2 Å². The summed E-state index contributed by atoms with van der Waals surface area (Å²) in [6.07, 6.45) is 89.7. The predicted octanol–water partition coefficient (Wildman–Crippen LogP) is 26.1. The van der Waals surface area contributed by atoms with Crippen molar-refractivity contribution in [3.8, 4) is 0 Å². The molecule has 0 aliphatic heterocycles. The van der Waals surface area contributed by atoms with Crippen LogP contribution in [0.5, 0.6) is 0 Å². The summed E-state index contributed by atoms with van der Waals surface area (Å²) >= 11 is 0. The van der Waals surface area contributed by atoms with Crippen LogP contribution >= 0.6 is 0 Å². The van der Waals surface area contributed by atoms with Crippen molar-refractivity contribution < 1.29 is 28.6 Å². The second-order valence-corrected chi connectivity index (χ2v) is 25.9. The van der Waals surface area contributed by atoms with Crippen LogP contribution in [0.4, 0.5) is 0 Å². The van der Waals surface area contributed by atoms with Gasteiger partial charge in [-0.1, -0.05) is 373 Å². The molecule has 0 rings (SSSR count). The minimum atomic E-state index is -0.772. The average molecular weight is 1170 g/mol. The molecule has 0 N–H and O–H groups in total. The molecule has 0 spiro atoms. The van der Waals surface area contributed by atoms with Crippen LogP contribution in [0.15, 0.2) is 24.3 Å².